The molecule has 2 unspecified atom stereocenters. The molecule has 0 aliphatic heterocycles. The molecule has 8 rings (SSSR count). The molecule has 2 atom stereocenters. The van der Waals surface area contributed by atoms with E-state index in [0.717, 1.165) is 73.1 Å². The molecule has 5 aliphatic carbocycles. The van der Waals surface area contributed by atoms with E-state index in [1.165, 1.54) is 17.2 Å². The summed E-state index contributed by atoms with van der Waals surface area (Å²) >= 11 is 4.82. The number of furan rings is 2. The molecule has 304 valence electrons. The lowest BCUT2D eigenvalue weighted by atomic mass is 9.71. The summed E-state index contributed by atoms with van der Waals surface area (Å²) < 4.78 is 39.0. The van der Waals surface area contributed by atoms with Crippen LogP contribution in [0.5, 0.6) is 0 Å². The zero-order valence-corrected chi connectivity index (χ0v) is 34.4. The minimum Gasteiger partial charge on any atom is -0.469 e. The Morgan fingerprint density at radius 1 is 0.929 bits per heavy atom. The second-order valence-electron chi connectivity index (χ2n) is 16.5. The minimum atomic E-state index is -4.24. The number of urea groups is 1. The predicted molar refractivity (Wildman–Crippen MR) is 211 cm³/mol. The van der Waals surface area contributed by atoms with E-state index < -0.39 is 27.1 Å². The number of hydrogen-bond acceptors (Lipinski definition) is 10. The highest BCUT2D eigenvalue weighted by molar-refractivity contribution is 7.89. The molecular formula is C42H53ClN2O10S. The monoisotopic (exact) mass is 812 g/mol. The van der Waals surface area contributed by atoms with Crippen LogP contribution in [0.15, 0.2) is 38.4 Å². The maximum absolute atomic E-state index is 13.0. The average molecular weight is 813 g/mol. The van der Waals surface area contributed by atoms with Crippen molar-refractivity contribution in [2.24, 2.45) is 11.8 Å². The lowest BCUT2D eigenvalue weighted by molar-refractivity contribution is -0.131. The Bertz CT molecular complexity index is 2010. The lowest BCUT2D eigenvalue weighted by Gasteiger charge is -2.36. The number of carbonyl (C=O) groups excluding carboxylic acids is 5. The van der Waals surface area contributed by atoms with Gasteiger partial charge in [-0.1, -0.05) is 33.8 Å². The molecule has 1 saturated carbocycles. The normalized spacial score (nSPS) is 22.1. The van der Waals surface area contributed by atoms with Crippen molar-refractivity contribution in [1.29, 1.82) is 0 Å². The molecule has 0 saturated heterocycles. The number of sulfonamides is 1. The molecule has 2 amide bonds. The van der Waals surface area contributed by atoms with E-state index in [9.17, 15) is 32.7 Å². The molecule has 1 fully saturated rings. The predicted octanol–water partition coefficient (Wildman–Crippen LogP) is 7.46. The molecule has 3 N–H and O–H groups in total. The molecule has 2 aromatic heterocycles. The molecular weight excluding hydrogens is 760 g/mol. The van der Waals surface area contributed by atoms with E-state index in [4.69, 9.17) is 25.2 Å². The molecule has 1 aromatic carbocycles. The van der Waals surface area contributed by atoms with Gasteiger partial charge in [0.25, 0.3) is 10.0 Å². The van der Waals surface area contributed by atoms with E-state index in [2.05, 4.69) is 23.0 Å². The fourth-order valence-electron chi connectivity index (χ4n) is 8.26. The third kappa shape index (κ3) is 10.1. The Morgan fingerprint density at radius 3 is 2.07 bits per heavy atom. The fourth-order valence-corrected chi connectivity index (χ4v) is 9.12. The number of rotatable bonds is 4. The Hall–Kier alpha value is -4.07. The van der Waals surface area contributed by atoms with Crippen LogP contribution < -0.4 is 10.0 Å². The number of aldehydes is 1. The summed E-state index contributed by atoms with van der Waals surface area (Å²) in [6.07, 6.45) is 12.2. The summed E-state index contributed by atoms with van der Waals surface area (Å²) in [5.74, 6) is 2.62. The molecule has 3 aromatic rings. The fraction of sp³-hybridized carbons (Fsp3) is 0.548. The van der Waals surface area contributed by atoms with Crippen LogP contribution in [0.1, 0.15) is 136 Å². The van der Waals surface area contributed by atoms with Crippen molar-refractivity contribution in [2.45, 2.75) is 134 Å². The zero-order chi connectivity index (χ0) is 41.0. The van der Waals surface area contributed by atoms with E-state index in [0.29, 0.717) is 61.5 Å². The number of amides is 2. The van der Waals surface area contributed by atoms with Gasteiger partial charge < -0.3 is 24.1 Å². The molecule has 0 radical (unpaired) electrons. The Morgan fingerprint density at radius 2 is 1.52 bits per heavy atom. The van der Waals surface area contributed by atoms with Crippen molar-refractivity contribution < 1.29 is 46.3 Å². The van der Waals surface area contributed by atoms with Gasteiger partial charge in [-0.3, -0.25) is 14.4 Å². The number of nitrogens with one attached hydrogen (secondary N) is 2. The number of aryl methyl sites for hydroxylation is 2. The number of anilines is 1. The van der Waals surface area contributed by atoms with Crippen LogP contribution >= 0.6 is 11.6 Å². The molecule has 0 spiro atoms. The van der Waals surface area contributed by atoms with Crippen LogP contribution in [-0.2, 0) is 67.5 Å². The van der Waals surface area contributed by atoms with Gasteiger partial charge in [-0.25, -0.2) is 9.52 Å². The van der Waals surface area contributed by atoms with Crippen molar-refractivity contribution in [1.82, 2.24) is 4.72 Å². The summed E-state index contributed by atoms with van der Waals surface area (Å²) in [5.41, 5.74) is 5.24. The Labute approximate surface area is 333 Å². The van der Waals surface area contributed by atoms with Crippen molar-refractivity contribution >= 4 is 57.0 Å². The smallest absolute Gasteiger partial charge is 0.333 e. The number of carbonyl (C=O) groups is 5. The summed E-state index contributed by atoms with van der Waals surface area (Å²) in [7, 11) is -4.24. The van der Waals surface area contributed by atoms with Crippen LogP contribution in [0, 0.1) is 11.8 Å². The number of Topliss-reactive ketones (excluding diaryl/α,β-unsaturated/α-hetero) is 3. The van der Waals surface area contributed by atoms with Gasteiger partial charge in [-0.2, -0.15) is 8.42 Å². The summed E-state index contributed by atoms with van der Waals surface area (Å²) in [6, 6.07) is 4.58. The molecule has 5 aliphatic rings. The van der Waals surface area contributed by atoms with E-state index in [-0.39, 0.29) is 34.7 Å². The highest BCUT2D eigenvalue weighted by atomic mass is 35.5. The maximum Gasteiger partial charge on any atom is 0.333 e. The van der Waals surface area contributed by atoms with Crippen molar-refractivity contribution in [3.63, 3.8) is 0 Å². The van der Waals surface area contributed by atoms with Gasteiger partial charge in [0.1, 0.15) is 29.4 Å². The van der Waals surface area contributed by atoms with Crippen molar-refractivity contribution in [2.75, 3.05) is 11.2 Å². The van der Waals surface area contributed by atoms with Crippen LogP contribution in [0.3, 0.4) is 0 Å². The molecule has 14 heteroatoms. The molecule has 56 heavy (non-hydrogen) atoms. The lowest BCUT2D eigenvalue weighted by Crippen LogP contribution is -2.34. The van der Waals surface area contributed by atoms with Crippen LogP contribution in [0.2, 0.25) is 0 Å². The highest BCUT2D eigenvalue weighted by Gasteiger charge is 2.43. The topological polar surface area (TPSA) is 190 Å². The van der Waals surface area contributed by atoms with E-state index >= 15 is 0 Å². The summed E-state index contributed by atoms with van der Waals surface area (Å²) in [5, 5.41) is 13.2. The number of halogens is 1. The van der Waals surface area contributed by atoms with Crippen molar-refractivity contribution in [3.8, 4) is 0 Å². The minimum absolute atomic E-state index is 0.110. The molecule has 12 nitrogen and oxygen atoms in total. The number of hydrogen-bond donors (Lipinski definition) is 3. The first-order valence-electron chi connectivity index (χ1n) is 19.3. The van der Waals surface area contributed by atoms with E-state index in [1.807, 2.05) is 20.8 Å². The Kier molecular flexibility index (Phi) is 13.5. The van der Waals surface area contributed by atoms with Gasteiger partial charge >= 0.3 is 6.03 Å². The first kappa shape index (κ1) is 43.1. The van der Waals surface area contributed by atoms with Gasteiger partial charge in [0.15, 0.2) is 5.78 Å². The van der Waals surface area contributed by atoms with Gasteiger partial charge in [0, 0.05) is 48.4 Å². The second kappa shape index (κ2) is 17.6. The number of benzene rings is 1. The van der Waals surface area contributed by atoms with Crippen molar-refractivity contribution in [3.05, 3.63) is 69.4 Å². The second-order valence-corrected chi connectivity index (χ2v) is 18.5. The average Bonchev–Trinajstić information content (AvgIpc) is 3.93. The van der Waals surface area contributed by atoms with Gasteiger partial charge in [0.05, 0.1) is 29.7 Å². The van der Waals surface area contributed by atoms with Crippen LogP contribution in [-0.4, -0.2) is 49.1 Å². The summed E-state index contributed by atoms with van der Waals surface area (Å²) in [4.78, 5) is 54.5. The number of aliphatic hydroxyl groups is 1. The molecule has 0 bridgehead atoms. The number of ketones is 3. The maximum atomic E-state index is 13.0. The number of alkyl halides is 1. The van der Waals surface area contributed by atoms with Crippen LogP contribution in [0.25, 0.3) is 0 Å². The largest absolute Gasteiger partial charge is 0.469 e. The van der Waals surface area contributed by atoms with Gasteiger partial charge in [-0.15, -0.1) is 11.6 Å². The summed E-state index contributed by atoms with van der Waals surface area (Å²) in [6.45, 7) is 9.58. The van der Waals surface area contributed by atoms with Gasteiger partial charge in [0.2, 0.25) is 5.09 Å². The number of fused-ring (bicyclic) bond motifs is 4. The highest BCUT2D eigenvalue weighted by Crippen LogP contribution is 2.46. The molecule has 2 heterocycles. The standard InChI is InChI=1S/C24H30N2O5S.C9H10O2.C7H10O2.C2H3ClO/c1-23(2)10-11-24(3,28)18-13-19(31-21(18)23)32(29,30)26-22(27)25-20-16-8-4-6-14(16)12-15-7-5-9-17(15)20;1-6-4-8(10)7-2-3-11-9(7)5-6;1-5-2-6(8)4-7(9)3-5;3-1-2-4/h12-13,28H,4-11H2,1-3H3,(H2,25,26,27);2-3,6H,4-5H2,1H3;5H,2-4H2,1H3;2H,1H2. The SMILES string of the molecule is CC1(C)CCC(C)(O)c2cc(S(=O)(=O)NC(=O)Nc3c4c(cc5c3CCC5)CCC4)oc21.CC1CC(=O)CC(=O)C1.CC1CC(=O)c2ccoc2C1.O=CCCl. The van der Waals surface area contributed by atoms with E-state index in [1.54, 1.807) is 19.3 Å². The van der Waals surface area contributed by atoms with Gasteiger partial charge in [-0.05, 0) is 98.4 Å². The zero-order valence-electron chi connectivity index (χ0n) is 32.8. The first-order chi connectivity index (χ1) is 26.3. The third-order valence-corrected chi connectivity index (χ3v) is 12.4. The third-order valence-electron chi connectivity index (χ3n) is 11.1. The quantitative estimate of drug-likeness (QED) is 0.135. The first-order valence-corrected chi connectivity index (χ1v) is 21.4. The van der Waals surface area contributed by atoms with Crippen LogP contribution in [0.4, 0.5) is 10.5 Å². The Balaban J connectivity index is 0.000000202.